The van der Waals surface area contributed by atoms with E-state index in [1.54, 1.807) is 19.5 Å². The molecule has 7 heteroatoms. The highest BCUT2D eigenvalue weighted by molar-refractivity contribution is 6.30. The molecule has 0 spiro atoms. The van der Waals surface area contributed by atoms with Gasteiger partial charge in [0.25, 0.3) is 0 Å². The second kappa shape index (κ2) is 7.02. The molecule has 0 amide bonds. The Kier molecular flexibility index (Phi) is 4.83. The van der Waals surface area contributed by atoms with E-state index >= 15 is 0 Å². The first kappa shape index (κ1) is 15.8. The van der Waals surface area contributed by atoms with E-state index in [-0.39, 0.29) is 0 Å². The fourth-order valence-electron chi connectivity index (χ4n) is 2.71. The van der Waals surface area contributed by atoms with E-state index in [1.807, 2.05) is 19.2 Å². The van der Waals surface area contributed by atoms with E-state index < -0.39 is 0 Å². The fraction of sp³-hybridized carbons (Fsp3) is 0.375. The molecular weight excluding hydrogens is 314 g/mol. The Labute approximate surface area is 140 Å². The maximum atomic E-state index is 5.80. The van der Waals surface area contributed by atoms with Gasteiger partial charge in [-0.25, -0.2) is 9.97 Å². The monoisotopic (exact) mass is 333 g/mol. The number of rotatable bonds is 5. The van der Waals surface area contributed by atoms with Crippen molar-refractivity contribution in [2.75, 3.05) is 37.5 Å². The minimum Gasteiger partial charge on any atom is -0.494 e. The largest absolute Gasteiger partial charge is 0.494 e. The number of hydrogen-bond donors (Lipinski definition) is 2. The predicted octanol–water partition coefficient (Wildman–Crippen LogP) is 2.68. The zero-order chi connectivity index (χ0) is 16.2. The zero-order valence-corrected chi connectivity index (χ0v) is 14.0. The molecule has 0 aliphatic carbocycles. The lowest BCUT2D eigenvalue weighted by atomic mass is 10.2. The Bertz CT molecular complexity index is 664. The van der Waals surface area contributed by atoms with Gasteiger partial charge < -0.3 is 20.3 Å². The Morgan fingerprint density at radius 3 is 2.74 bits per heavy atom. The molecule has 1 aliphatic heterocycles. The number of nitrogens with zero attached hydrogens (tertiary/aromatic N) is 3. The average Bonchev–Trinajstić information content (AvgIpc) is 3.06. The number of hydrogen-bond acceptors (Lipinski definition) is 6. The maximum Gasteiger partial charge on any atom is 0.227 e. The van der Waals surface area contributed by atoms with Crippen molar-refractivity contribution in [2.45, 2.75) is 12.5 Å². The molecule has 1 saturated heterocycles. The molecule has 2 heterocycles. The van der Waals surface area contributed by atoms with Gasteiger partial charge in [-0.3, -0.25) is 0 Å². The van der Waals surface area contributed by atoms with Crippen molar-refractivity contribution >= 4 is 28.9 Å². The predicted molar refractivity (Wildman–Crippen MR) is 93.0 cm³/mol. The van der Waals surface area contributed by atoms with Gasteiger partial charge in [-0.1, -0.05) is 11.6 Å². The van der Waals surface area contributed by atoms with E-state index in [4.69, 9.17) is 16.3 Å². The maximum absolute atomic E-state index is 5.80. The van der Waals surface area contributed by atoms with Crippen LogP contribution in [0.4, 0.5) is 17.3 Å². The van der Waals surface area contributed by atoms with Crippen molar-refractivity contribution in [3.63, 3.8) is 0 Å². The standard InChI is InChI=1S/C16H20ClN5O/c1-18-12-5-6-22(10-12)13-3-4-14(15(7-13)23-2)21-16-19-8-11(17)9-20-16/h3-4,7-9,12,18H,5-6,10H2,1-2H3,(H,19,20,21)/t12-/m0/s1. The summed E-state index contributed by atoms with van der Waals surface area (Å²) in [6, 6.07) is 6.65. The molecular formula is C16H20ClN5O. The summed E-state index contributed by atoms with van der Waals surface area (Å²) >= 11 is 5.80. The van der Waals surface area contributed by atoms with Crippen LogP contribution in [0.25, 0.3) is 0 Å². The summed E-state index contributed by atoms with van der Waals surface area (Å²) in [5, 5.41) is 6.99. The molecule has 0 bridgehead atoms. The van der Waals surface area contributed by atoms with Gasteiger partial charge >= 0.3 is 0 Å². The van der Waals surface area contributed by atoms with E-state index in [1.165, 1.54) is 0 Å². The van der Waals surface area contributed by atoms with Crippen molar-refractivity contribution in [1.82, 2.24) is 15.3 Å². The van der Waals surface area contributed by atoms with Gasteiger partial charge in [0.2, 0.25) is 5.95 Å². The van der Waals surface area contributed by atoms with Crippen LogP contribution in [0.15, 0.2) is 30.6 Å². The fourth-order valence-corrected chi connectivity index (χ4v) is 2.81. The van der Waals surface area contributed by atoms with E-state index in [0.717, 1.165) is 36.6 Å². The number of benzene rings is 1. The molecule has 23 heavy (non-hydrogen) atoms. The SMILES string of the molecule is CN[C@H]1CCN(c2ccc(Nc3ncc(Cl)cn3)c(OC)c2)C1. The number of aromatic nitrogens is 2. The second-order valence-corrected chi connectivity index (χ2v) is 5.89. The summed E-state index contributed by atoms with van der Waals surface area (Å²) in [5.41, 5.74) is 1.98. The zero-order valence-electron chi connectivity index (χ0n) is 13.2. The minimum atomic E-state index is 0.483. The van der Waals surface area contributed by atoms with Crippen LogP contribution in [0.5, 0.6) is 5.75 Å². The van der Waals surface area contributed by atoms with Crippen molar-refractivity contribution in [2.24, 2.45) is 0 Å². The van der Waals surface area contributed by atoms with Crippen LogP contribution in [-0.2, 0) is 0 Å². The van der Waals surface area contributed by atoms with Crippen LogP contribution >= 0.6 is 11.6 Å². The van der Waals surface area contributed by atoms with Gasteiger partial charge in [0.05, 0.1) is 30.2 Å². The number of ether oxygens (including phenoxy) is 1. The highest BCUT2D eigenvalue weighted by atomic mass is 35.5. The molecule has 1 aromatic carbocycles. The molecule has 0 unspecified atom stereocenters. The first-order valence-electron chi connectivity index (χ1n) is 7.54. The lowest BCUT2D eigenvalue weighted by molar-refractivity contribution is 0.417. The molecule has 2 N–H and O–H groups in total. The number of methoxy groups -OCH3 is 1. The third-order valence-electron chi connectivity index (χ3n) is 4.01. The molecule has 1 aromatic heterocycles. The van der Waals surface area contributed by atoms with E-state index in [2.05, 4.69) is 31.6 Å². The number of likely N-dealkylation sites (N-methyl/N-ethyl adjacent to an activating group) is 1. The molecule has 3 rings (SSSR count). The molecule has 1 atom stereocenters. The Morgan fingerprint density at radius 2 is 2.09 bits per heavy atom. The van der Waals surface area contributed by atoms with Crippen molar-refractivity contribution in [3.8, 4) is 5.75 Å². The lowest BCUT2D eigenvalue weighted by Gasteiger charge is -2.20. The van der Waals surface area contributed by atoms with Crippen LogP contribution in [0.1, 0.15) is 6.42 Å². The van der Waals surface area contributed by atoms with Crippen molar-refractivity contribution < 1.29 is 4.74 Å². The third-order valence-corrected chi connectivity index (χ3v) is 4.21. The molecule has 1 aliphatic rings. The Hall–Kier alpha value is -2.05. The molecule has 6 nitrogen and oxygen atoms in total. The second-order valence-electron chi connectivity index (χ2n) is 5.45. The van der Waals surface area contributed by atoms with Crippen LogP contribution < -0.4 is 20.3 Å². The highest BCUT2D eigenvalue weighted by Gasteiger charge is 2.21. The van der Waals surface area contributed by atoms with Crippen LogP contribution in [-0.4, -0.2) is 43.3 Å². The summed E-state index contributed by atoms with van der Waals surface area (Å²) in [6.45, 7) is 2.05. The molecule has 2 aromatic rings. The van der Waals surface area contributed by atoms with Crippen LogP contribution in [0, 0.1) is 0 Å². The Balaban J connectivity index is 1.78. The highest BCUT2D eigenvalue weighted by Crippen LogP contribution is 2.32. The Morgan fingerprint density at radius 1 is 1.30 bits per heavy atom. The minimum absolute atomic E-state index is 0.483. The number of nitrogens with one attached hydrogen (secondary N) is 2. The van der Waals surface area contributed by atoms with Gasteiger partial charge in [0.15, 0.2) is 0 Å². The molecule has 0 saturated carbocycles. The first-order valence-corrected chi connectivity index (χ1v) is 7.92. The van der Waals surface area contributed by atoms with Crippen LogP contribution in [0.3, 0.4) is 0 Å². The summed E-state index contributed by atoms with van der Waals surface area (Å²) in [6.07, 6.45) is 4.26. The van der Waals surface area contributed by atoms with Gasteiger partial charge in [-0.05, 0) is 25.6 Å². The summed E-state index contributed by atoms with van der Waals surface area (Å²) in [7, 11) is 3.67. The molecule has 0 radical (unpaired) electrons. The topological polar surface area (TPSA) is 62.3 Å². The average molecular weight is 334 g/mol. The third kappa shape index (κ3) is 3.65. The van der Waals surface area contributed by atoms with E-state index in [0.29, 0.717) is 17.0 Å². The van der Waals surface area contributed by atoms with Gasteiger partial charge in [0.1, 0.15) is 5.75 Å². The van der Waals surface area contributed by atoms with Gasteiger partial charge in [-0.2, -0.15) is 0 Å². The summed E-state index contributed by atoms with van der Waals surface area (Å²) in [5.74, 6) is 1.24. The smallest absolute Gasteiger partial charge is 0.227 e. The van der Waals surface area contributed by atoms with Crippen molar-refractivity contribution in [3.05, 3.63) is 35.6 Å². The summed E-state index contributed by atoms with van der Waals surface area (Å²) < 4.78 is 5.51. The van der Waals surface area contributed by atoms with Gasteiger partial charge in [0, 0.05) is 30.9 Å². The van der Waals surface area contributed by atoms with Crippen molar-refractivity contribution in [1.29, 1.82) is 0 Å². The lowest BCUT2D eigenvalue weighted by Crippen LogP contribution is -2.29. The van der Waals surface area contributed by atoms with Crippen LogP contribution in [0.2, 0.25) is 5.02 Å². The van der Waals surface area contributed by atoms with E-state index in [9.17, 15) is 0 Å². The summed E-state index contributed by atoms with van der Waals surface area (Å²) in [4.78, 5) is 10.6. The molecule has 122 valence electrons. The number of halogens is 1. The number of anilines is 3. The normalized spacial score (nSPS) is 17.3. The first-order chi connectivity index (χ1) is 11.2. The molecule has 1 fully saturated rings. The quantitative estimate of drug-likeness (QED) is 0.877. The van der Waals surface area contributed by atoms with Gasteiger partial charge in [-0.15, -0.1) is 0 Å².